The van der Waals surface area contributed by atoms with Crippen molar-refractivity contribution >= 4 is 34.4 Å². The molecule has 0 radical (unpaired) electrons. The first-order chi connectivity index (χ1) is 18.4. The Morgan fingerprint density at radius 1 is 0.850 bits per heavy atom. The van der Waals surface area contributed by atoms with Gasteiger partial charge in [0.25, 0.3) is 0 Å². The second-order valence-corrected chi connectivity index (χ2v) is 27.0. The van der Waals surface area contributed by atoms with Crippen molar-refractivity contribution in [2.24, 2.45) is 5.92 Å². The van der Waals surface area contributed by atoms with Crippen molar-refractivity contribution in [2.75, 3.05) is 12.8 Å². The molecule has 40 heavy (non-hydrogen) atoms. The van der Waals surface area contributed by atoms with Gasteiger partial charge in [-0.3, -0.25) is 0 Å². The van der Waals surface area contributed by atoms with Gasteiger partial charge in [0.1, 0.15) is 7.14 Å². The third-order valence-corrected chi connectivity index (χ3v) is 21.6. The highest BCUT2D eigenvalue weighted by Gasteiger charge is 2.42. The van der Waals surface area contributed by atoms with Gasteiger partial charge in [0.05, 0.1) is 0 Å². The minimum absolute atomic E-state index is 0.110. The summed E-state index contributed by atoms with van der Waals surface area (Å²) < 4.78 is 28.5. The Balaban J connectivity index is 1.97. The third kappa shape index (κ3) is 7.66. The van der Waals surface area contributed by atoms with Gasteiger partial charge in [-0.25, -0.2) is 0 Å². The Morgan fingerprint density at radius 2 is 1.32 bits per heavy atom. The van der Waals surface area contributed by atoms with Crippen molar-refractivity contribution in [3.8, 4) is 0 Å². The molecule has 0 spiro atoms. The maximum absolute atomic E-state index is 14.7. The summed E-state index contributed by atoms with van der Waals surface area (Å²) in [5.41, 5.74) is 2.31. The molecule has 0 amide bonds. The Morgan fingerprint density at radius 3 is 1.77 bits per heavy atom. The maximum Gasteiger partial charge on any atom is 0.192 e. The third-order valence-electron chi connectivity index (χ3n) is 9.56. The molecule has 220 valence electrons. The van der Waals surface area contributed by atoms with E-state index in [9.17, 15) is 4.57 Å². The van der Waals surface area contributed by atoms with Gasteiger partial charge in [-0.2, -0.15) is 0 Å². The van der Waals surface area contributed by atoms with E-state index in [1.54, 1.807) is 0 Å². The molecule has 2 aromatic carbocycles. The second-order valence-electron chi connectivity index (χ2n) is 14.6. The lowest BCUT2D eigenvalue weighted by molar-refractivity contribution is 0.124. The Hall–Kier alpha value is -1.50. The van der Waals surface area contributed by atoms with Crippen LogP contribution in [0, 0.1) is 5.92 Å². The minimum Gasteiger partial charge on any atom is -0.416 e. The quantitative estimate of drug-likeness (QED) is 0.214. The van der Waals surface area contributed by atoms with Crippen molar-refractivity contribution < 1.29 is 13.4 Å². The van der Waals surface area contributed by atoms with Crippen LogP contribution in [0.2, 0.25) is 36.3 Å². The zero-order valence-corrected chi connectivity index (χ0v) is 29.6. The van der Waals surface area contributed by atoms with Crippen molar-refractivity contribution in [3.05, 3.63) is 84.5 Å². The van der Waals surface area contributed by atoms with E-state index in [2.05, 4.69) is 80.4 Å². The lowest BCUT2D eigenvalue weighted by Gasteiger charge is -2.43. The molecule has 6 heteroatoms. The van der Waals surface area contributed by atoms with Gasteiger partial charge in [0, 0.05) is 35.4 Å². The molecule has 0 N–H and O–H groups in total. The number of allylic oxidation sites excluding steroid dienone is 1. The van der Waals surface area contributed by atoms with E-state index in [0.29, 0.717) is 12.8 Å². The predicted molar refractivity (Wildman–Crippen MR) is 180 cm³/mol. The number of rotatable bonds is 9. The van der Waals surface area contributed by atoms with Gasteiger partial charge in [-0.15, -0.1) is 0 Å². The Labute approximate surface area is 247 Å². The van der Waals surface area contributed by atoms with Crippen LogP contribution in [0.1, 0.15) is 54.4 Å². The van der Waals surface area contributed by atoms with E-state index in [4.69, 9.17) is 8.85 Å². The van der Waals surface area contributed by atoms with Crippen LogP contribution in [0.25, 0.3) is 0 Å². The molecule has 1 aliphatic rings. The van der Waals surface area contributed by atoms with Crippen LogP contribution in [-0.2, 0) is 13.4 Å². The molecule has 2 aromatic rings. The molecule has 0 unspecified atom stereocenters. The van der Waals surface area contributed by atoms with E-state index in [-0.39, 0.29) is 22.1 Å². The van der Waals surface area contributed by atoms with Crippen LogP contribution in [0.4, 0.5) is 0 Å². The molecule has 3 nitrogen and oxygen atoms in total. The van der Waals surface area contributed by atoms with Crippen molar-refractivity contribution in [2.45, 2.75) is 96.8 Å². The molecule has 2 atom stereocenters. The lowest BCUT2D eigenvalue weighted by Crippen LogP contribution is -2.46. The molecular formula is C34H53O3PSi2. The van der Waals surface area contributed by atoms with E-state index >= 15 is 0 Å². The molecule has 0 aromatic heterocycles. The minimum atomic E-state index is -2.86. The summed E-state index contributed by atoms with van der Waals surface area (Å²) in [7, 11) is -6.75. The molecule has 1 saturated carbocycles. The van der Waals surface area contributed by atoms with Crippen LogP contribution < -0.4 is 10.6 Å². The second kappa shape index (κ2) is 12.4. The van der Waals surface area contributed by atoms with Crippen molar-refractivity contribution in [1.82, 2.24) is 0 Å². The monoisotopic (exact) mass is 596 g/mol. The summed E-state index contributed by atoms with van der Waals surface area (Å²) in [6, 6.07) is 19.9. The van der Waals surface area contributed by atoms with Crippen molar-refractivity contribution in [1.29, 1.82) is 0 Å². The highest BCUT2D eigenvalue weighted by Crippen LogP contribution is 2.46. The van der Waals surface area contributed by atoms with Gasteiger partial charge < -0.3 is 13.4 Å². The highest BCUT2D eigenvalue weighted by molar-refractivity contribution is 7.78. The zero-order chi connectivity index (χ0) is 30.0. The summed E-state index contributed by atoms with van der Waals surface area (Å²) in [6.07, 6.45) is 4.53. The topological polar surface area (TPSA) is 35.5 Å². The van der Waals surface area contributed by atoms with Gasteiger partial charge in [-0.1, -0.05) is 115 Å². The summed E-state index contributed by atoms with van der Waals surface area (Å²) in [5.74, 6) is 0.191. The van der Waals surface area contributed by atoms with Crippen LogP contribution in [0.15, 0.2) is 84.5 Å². The summed E-state index contributed by atoms with van der Waals surface area (Å²) in [4.78, 5) is 0. The molecule has 0 heterocycles. The van der Waals surface area contributed by atoms with Crippen LogP contribution in [0.5, 0.6) is 0 Å². The Kier molecular flexibility index (Phi) is 10.2. The lowest BCUT2D eigenvalue weighted by atomic mass is 9.80. The molecule has 3 rings (SSSR count). The zero-order valence-electron chi connectivity index (χ0n) is 26.7. The van der Waals surface area contributed by atoms with E-state index in [0.717, 1.165) is 29.0 Å². The average molecular weight is 597 g/mol. The first-order valence-electron chi connectivity index (χ1n) is 14.8. The van der Waals surface area contributed by atoms with Crippen molar-refractivity contribution in [3.63, 3.8) is 0 Å². The van der Waals surface area contributed by atoms with Gasteiger partial charge in [-0.05, 0) is 60.3 Å². The van der Waals surface area contributed by atoms with Crippen LogP contribution >= 0.6 is 7.14 Å². The largest absolute Gasteiger partial charge is 0.416 e. The first-order valence-corrected chi connectivity index (χ1v) is 22.5. The Bertz CT molecular complexity index is 1180. The van der Waals surface area contributed by atoms with Gasteiger partial charge in [0.2, 0.25) is 0 Å². The van der Waals surface area contributed by atoms with E-state index < -0.39 is 23.8 Å². The molecule has 1 fully saturated rings. The van der Waals surface area contributed by atoms with Crippen LogP contribution in [-0.4, -0.2) is 35.5 Å². The predicted octanol–water partition coefficient (Wildman–Crippen LogP) is 9.31. The molecule has 1 aliphatic carbocycles. The maximum atomic E-state index is 14.7. The summed E-state index contributed by atoms with van der Waals surface area (Å²) in [6.45, 7) is 28.3. The highest BCUT2D eigenvalue weighted by atomic mass is 31.2. The smallest absolute Gasteiger partial charge is 0.192 e. The SMILES string of the molecule is C=C1/C(=C/CP(=O)(c2ccccc2)c2ccccc2)C[C@H](O[Si](C)(C)C(C)(C)C)C[C@H]1CO[Si](C)(C)C(C)(C)C. The van der Waals surface area contributed by atoms with Gasteiger partial charge >= 0.3 is 0 Å². The summed E-state index contributed by atoms with van der Waals surface area (Å²) >= 11 is 0. The van der Waals surface area contributed by atoms with E-state index in [1.165, 1.54) is 5.57 Å². The molecule has 0 bridgehead atoms. The fourth-order valence-electron chi connectivity index (χ4n) is 4.71. The normalized spacial score (nSPS) is 20.6. The number of hydrogen-bond donors (Lipinski definition) is 0. The number of benzene rings is 2. The van der Waals surface area contributed by atoms with Crippen LogP contribution in [0.3, 0.4) is 0 Å². The summed E-state index contributed by atoms with van der Waals surface area (Å²) in [5, 5.41) is 2.07. The first kappa shape index (κ1) is 33.0. The molecule has 0 saturated heterocycles. The fourth-order valence-corrected chi connectivity index (χ4v) is 9.63. The number of hydrogen-bond acceptors (Lipinski definition) is 3. The molecular weight excluding hydrogens is 544 g/mol. The fraction of sp³-hybridized carbons (Fsp3) is 0.529. The van der Waals surface area contributed by atoms with E-state index in [1.807, 2.05) is 60.7 Å². The standard InChI is InChI=1S/C34H53O3PSi2/c1-27-28(22-23-38(35,31-18-14-12-15-19-31)32-20-16-13-17-21-32)24-30(37-40(10,11)34(5,6)7)25-29(27)26-36-39(8,9)33(2,3)4/h12-22,29-30H,1,23-26H2,2-11H3/b28-22+/t29-,30-/m0/s1. The molecule has 0 aliphatic heterocycles. The average Bonchev–Trinajstić information content (AvgIpc) is 2.87. The van der Waals surface area contributed by atoms with Gasteiger partial charge in [0.15, 0.2) is 16.6 Å².